The van der Waals surface area contributed by atoms with E-state index in [9.17, 15) is 4.79 Å². The molecule has 2 N–H and O–H groups in total. The normalized spacial score (nSPS) is 11.3. The van der Waals surface area contributed by atoms with Crippen LogP contribution in [-0.4, -0.2) is 33.7 Å². The lowest BCUT2D eigenvalue weighted by atomic mass is 10.1. The summed E-state index contributed by atoms with van der Waals surface area (Å²) < 4.78 is 11.3. The lowest BCUT2D eigenvalue weighted by Gasteiger charge is -2.14. The van der Waals surface area contributed by atoms with Gasteiger partial charge in [0.15, 0.2) is 11.5 Å². The molecule has 0 spiro atoms. The van der Waals surface area contributed by atoms with E-state index in [4.69, 9.17) is 9.47 Å². The maximum atomic E-state index is 11.9. The Hall–Kier alpha value is -0.980. The molecule has 120 valence electrons. The van der Waals surface area contributed by atoms with E-state index >= 15 is 0 Å². The Morgan fingerprint density at radius 1 is 1.33 bits per heavy atom. The number of carbonyl (C=O) groups excluding carboxylic acids is 1. The second-order valence-corrected chi connectivity index (χ2v) is 5.34. The number of rotatable bonds is 7. The molecule has 7 heteroatoms. The summed E-state index contributed by atoms with van der Waals surface area (Å²) in [6, 6.07) is 3.76. The van der Waals surface area contributed by atoms with Gasteiger partial charge in [-0.1, -0.05) is 6.92 Å². The van der Waals surface area contributed by atoms with Gasteiger partial charge in [-0.3, -0.25) is 4.79 Å². The topological polar surface area (TPSA) is 59.6 Å². The Kier molecular flexibility index (Phi) is 9.41. The molecule has 0 radical (unpaired) electrons. The lowest BCUT2D eigenvalue weighted by molar-refractivity contribution is -0.124. The summed E-state index contributed by atoms with van der Waals surface area (Å²) in [7, 11) is 5.00. The first kappa shape index (κ1) is 20.0. The first-order valence-corrected chi connectivity index (χ1v) is 7.15. The lowest BCUT2D eigenvalue weighted by Crippen LogP contribution is -2.33. The van der Waals surface area contributed by atoms with Crippen LogP contribution in [0.1, 0.15) is 12.5 Å². The third-order valence-corrected chi connectivity index (χ3v) is 3.51. The molecule has 1 unspecified atom stereocenters. The highest BCUT2D eigenvalue weighted by molar-refractivity contribution is 9.10. The van der Waals surface area contributed by atoms with Crippen LogP contribution in [0.3, 0.4) is 0 Å². The van der Waals surface area contributed by atoms with E-state index in [-0.39, 0.29) is 24.2 Å². The van der Waals surface area contributed by atoms with Crippen molar-refractivity contribution < 1.29 is 14.3 Å². The van der Waals surface area contributed by atoms with E-state index in [0.717, 1.165) is 10.0 Å². The van der Waals surface area contributed by atoms with Crippen molar-refractivity contribution in [3.63, 3.8) is 0 Å². The standard InChI is InChI=1S/C14H21BrN2O3.ClH/c1-9(7-16-2)14(18)17-8-10-5-11(15)13(20-4)12(6-10)19-3;/h5-6,9,16H,7-8H2,1-4H3,(H,17,18);1H. The summed E-state index contributed by atoms with van der Waals surface area (Å²) in [5, 5.41) is 5.89. The largest absolute Gasteiger partial charge is 0.493 e. The number of carbonyl (C=O) groups is 1. The van der Waals surface area contributed by atoms with Crippen molar-refractivity contribution in [1.29, 1.82) is 0 Å². The van der Waals surface area contributed by atoms with Gasteiger partial charge in [-0.2, -0.15) is 0 Å². The van der Waals surface area contributed by atoms with Gasteiger partial charge in [-0.05, 0) is 40.7 Å². The molecule has 1 rings (SSSR count). The SMILES string of the molecule is CNCC(C)C(=O)NCc1cc(Br)c(OC)c(OC)c1.Cl. The molecule has 0 aliphatic carbocycles. The van der Waals surface area contributed by atoms with Crippen molar-refractivity contribution in [2.75, 3.05) is 27.8 Å². The van der Waals surface area contributed by atoms with Gasteiger partial charge in [0.25, 0.3) is 0 Å². The fourth-order valence-electron chi connectivity index (χ4n) is 1.84. The predicted molar refractivity (Wildman–Crippen MR) is 89.4 cm³/mol. The fraction of sp³-hybridized carbons (Fsp3) is 0.500. The van der Waals surface area contributed by atoms with Crippen LogP contribution in [0.25, 0.3) is 0 Å². The van der Waals surface area contributed by atoms with Crippen molar-refractivity contribution >= 4 is 34.2 Å². The van der Waals surface area contributed by atoms with E-state index in [1.165, 1.54) is 0 Å². The first-order valence-electron chi connectivity index (χ1n) is 6.36. The van der Waals surface area contributed by atoms with Gasteiger partial charge in [0, 0.05) is 19.0 Å². The molecular formula is C14H22BrClN2O3. The molecule has 0 aliphatic heterocycles. The number of hydrogen-bond acceptors (Lipinski definition) is 4. The van der Waals surface area contributed by atoms with Crippen LogP contribution in [0, 0.1) is 5.92 Å². The third kappa shape index (κ3) is 5.73. The maximum absolute atomic E-state index is 11.9. The Bertz CT molecular complexity index is 472. The summed E-state index contributed by atoms with van der Waals surface area (Å²) in [4.78, 5) is 11.9. The molecule has 1 aromatic carbocycles. The highest BCUT2D eigenvalue weighted by Crippen LogP contribution is 2.36. The second-order valence-electron chi connectivity index (χ2n) is 4.49. The average molecular weight is 382 g/mol. The summed E-state index contributed by atoms with van der Waals surface area (Å²) >= 11 is 3.43. The van der Waals surface area contributed by atoms with Gasteiger partial charge in [0.1, 0.15) is 0 Å². The molecule has 0 bridgehead atoms. The quantitative estimate of drug-likeness (QED) is 0.761. The fourth-order valence-corrected chi connectivity index (χ4v) is 2.49. The van der Waals surface area contributed by atoms with Crippen LogP contribution in [-0.2, 0) is 11.3 Å². The number of ether oxygens (including phenoxy) is 2. The molecule has 21 heavy (non-hydrogen) atoms. The minimum atomic E-state index is -0.0661. The minimum absolute atomic E-state index is 0. The van der Waals surface area contributed by atoms with E-state index in [1.807, 2.05) is 26.1 Å². The van der Waals surface area contributed by atoms with E-state index < -0.39 is 0 Å². The van der Waals surface area contributed by atoms with Gasteiger partial charge in [0.2, 0.25) is 5.91 Å². The third-order valence-electron chi connectivity index (χ3n) is 2.92. The van der Waals surface area contributed by atoms with Gasteiger partial charge >= 0.3 is 0 Å². The molecule has 0 saturated carbocycles. The number of hydrogen-bond donors (Lipinski definition) is 2. The smallest absolute Gasteiger partial charge is 0.224 e. The number of methoxy groups -OCH3 is 2. The highest BCUT2D eigenvalue weighted by Gasteiger charge is 2.13. The maximum Gasteiger partial charge on any atom is 0.224 e. The van der Waals surface area contributed by atoms with Crippen LogP contribution in [0.15, 0.2) is 16.6 Å². The molecule has 5 nitrogen and oxygen atoms in total. The number of nitrogens with one attached hydrogen (secondary N) is 2. The minimum Gasteiger partial charge on any atom is -0.493 e. The highest BCUT2D eigenvalue weighted by atomic mass is 79.9. The summed E-state index contributed by atoms with van der Waals surface area (Å²) in [6.45, 7) is 2.99. The van der Waals surface area contributed by atoms with Gasteiger partial charge < -0.3 is 20.1 Å². The first-order chi connectivity index (χ1) is 9.53. The monoisotopic (exact) mass is 380 g/mol. The zero-order valence-electron chi connectivity index (χ0n) is 12.7. The Morgan fingerprint density at radius 2 is 2.00 bits per heavy atom. The second kappa shape index (κ2) is 9.87. The summed E-state index contributed by atoms with van der Waals surface area (Å²) in [5.74, 6) is 1.23. The molecule has 1 aromatic rings. The number of halogens is 2. The van der Waals surface area contributed by atoms with E-state index in [1.54, 1.807) is 14.2 Å². The molecule has 0 heterocycles. The Labute approximate surface area is 140 Å². The van der Waals surface area contributed by atoms with Gasteiger partial charge in [-0.25, -0.2) is 0 Å². The van der Waals surface area contributed by atoms with Crippen LogP contribution >= 0.6 is 28.3 Å². The molecule has 0 saturated heterocycles. The predicted octanol–water partition coefficient (Wildman–Crippen LogP) is 2.36. The van der Waals surface area contributed by atoms with Crippen LogP contribution in [0.2, 0.25) is 0 Å². The van der Waals surface area contributed by atoms with Crippen molar-refractivity contribution in [2.24, 2.45) is 5.92 Å². The van der Waals surface area contributed by atoms with Crippen LogP contribution < -0.4 is 20.1 Å². The molecule has 1 amide bonds. The van der Waals surface area contributed by atoms with Gasteiger partial charge in [-0.15, -0.1) is 12.4 Å². The summed E-state index contributed by atoms with van der Waals surface area (Å²) in [6.07, 6.45) is 0. The van der Waals surface area contributed by atoms with Crippen molar-refractivity contribution in [2.45, 2.75) is 13.5 Å². The van der Waals surface area contributed by atoms with Crippen molar-refractivity contribution in [3.05, 3.63) is 22.2 Å². The van der Waals surface area contributed by atoms with Crippen molar-refractivity contribution in [3.8, 4) is 11.5 Å². The van der Waals surface area contributed by atoms with Crippen molar-refractivity contribution in [1.82, 2.24) is 10.6 Å². The van der Waals surface area contributed by atoms with Gasteiger partial charge in [0.05, 0.1) is 18.7 Å². The number of amides is 1. The van der Waals surface area contributed by atoms with Crippen LogP contribution in [0.5, 0.6) is 11.5 Å². The zero-order chi connectivity index (χ0) is 15.1. The number of benzene rings is 1. The van der Waals surface area contributed by atoms with E-state index in [0.29, 0.717) is 24.6 Å². The van der Waals surface area contributed by atoms with Crippen LogP contribution in [0.4, 0.5) is 0 Å². The molecule has 0 aliphatic rings. The zero-order valence-corrected chi connectivity index (χ0v) is 15.1. The molecule has 0 fully saturated rings. The molecular weight excluding hydrogens is 360 g/mol. The summed E-state index contributed by atoms with van der Waals surface area (Å²) in [5.41, 5.74) is 0.944. The average Bonchev–Trinajstić information content (AvgIpc) is 2.44. The molecule has 1 atom stereocenters. The Morgan fingerprint density at radius 3 is 2.52 bits per heavy atom. The van der Waals surface area contributed by atoms with E-state index in [2.05, 4.69) is 26.6 Å². The molecule has 0 aromatic heterocycles. The Balaban J connectivity index is 0.00000400.